The molecule has 0 unspecified atom stereocenters. The summed E-state index contributed by atoms with van der Waals surface area (Å²) >= 11 is 0. The quantitative estimate of drug-likeness (QED) is 0.447. The van der Waals surface area contributed by atoms with Crippen molar-refractivity contribution in [2.24, 2.45) is 5.73 Å². The first-order chi connectivity index (χ1) is 8.65. The lowest BCUT2D eigenvalue weighted by Crippen LogP contribution is -2.10. The van der Waals surface area contributed by atoms with E-state index in [1.54, 1.807) is 36.4 Å². The molecule has 2 rings (SSSR count). The van der Waals surface area contributed by atoms with Crippen LogP contribution in [-0.2, 0) is 0 Å². The van der Waals surface area contributed by atoms with Gasteiger partial charge in [-0.2, -0.15) is 0 Å². The van der Waals surface area contributed by atoms with Gasteiger partial charge in [0.2, 0.25) is 0 Å². The summed E-state index contributed by atoms with van der Waals surface area (Å²) < 4.78 is 12.7. The molecule has 0 radical (unpaired) electrons. The fourth-order valence-electron chi connectivity index (χ4n) is 1.41. The van der Waals surface area contributed by atoms with Gasteiger partial charge in [-0.3, -0.25) is 5.41 Å². The maximum Gasteiger partial charge on any atom is 0.123 e. The smallest absolute Gasteiger partial charge is 0.123 e. The number of amidine groups is 1. The van der Waals surface area contributed by atoms with Gasteiger partial charge >= 0.3 is 0 Å². The Morgan fingerprint density at radius 3 is 1.78 bits per heavy atom. The molecule has 0 bridgehead atoms. The van der Waals surface area contributed by atoms with E-state index in [9.17, 15) is 4.39 Å². The van der Waals surface area contributed by atoms with Crippen LogP contribution in [0.1, 0.15) is 16.7 Å². The molecule has 0 aliphatic carbocycles. The Balaban J connectivity index is 2.19. The van der Waals surface area contributed by atoms with Gasteiger partial charge in [0, 0.05) is 16.7 Å². The average Bonchev–Trinajstić information content (AvgIpc) is 2.38. The molecule has 2 nitrogen and oxygen atoms in total. The Morgan fingerprint density at radius 1 is 0.889 bits per heavy atom. The van der Waals surface area contributed by atoms with Crippen LogP contribution in [-0.4, -0.2) is 5.84 Å². The Bertz CT molecular complexity index is 616. The van der Waals surface area contributed by atoms with Crippen LogP contribution in [0.2, 0.25) is 0 Å². The van der Waals surface area contributed by atoms with Crippen molar-refractivity contribution in [1.29, 1.82) is 5.41 Å². The molecule has 3 N–H and O–H groups in total. The van der Waals surface area contributed by atoms with Crippen molar-refractivity contribution in [2.75, 3.05) is 0 Å². The van der Waals surface area contributed by atoms with E-state index in [0.29, 0.717) is 5.56 Å². The van der Waals surface area contributed by atoms with Crippen molar-refractivity contribution >= 4 is 5.84 Å². The summed E-state index contributed by atoms with van der Waals surface area (Å²) in [6.07, 6.45) is 0. The molecule has 2 aromatic rings. The number of benzene rings is 2. The standard InChI is InChI=1S/C15H11FN2/c16-14-9-5-12(6-10-14)2-1-11-3-7-13(8-4-11)15(17)18/h3-10H,(H3,17,18). The molecule has 0 heterocycles. The summed E-state index contributed by atoms with van der Waals surface area (Å²) in [6, 6.07) is 13.1. The van der Waals surface area contributed by atoms with Crippen molar-refractivity contribution in [3.63, 3.8) is 0 Å². The third kappa shape index (κ3) is 2.96. The molecule has 0 aliphatic heterocycles. The molecule has 0 fully saturated rings. The van der Waals surface area contributed by atoms with Crippen molar-refractivity contribution in [2.45, 2.75) is 0 Å². The minimum absolute atomic E-state index is 0.0352. The lowest BCUT2D eigenvalue weighted by atomic mass is 10.1. The first kappa shape index (κ1) is 11.9. The zero-order chi connectivity index (χ0) is 13.0. The molecule has 0 atom stereocenters. The molecule has 2 aromatic carbocycles. The second kappa shape index (κ2) is 5.15. The summed E-state index contributed by atoms with van der Waals surface area (Å²) in [6.45, 7) is 0. The lowest BCUT2D eigenvalue weighted by molar-refractivity contribution is 0.627. The van der Waals surface area contributed by atoms with Gasteiger partial charge in [-0.15, -0.1) is 0 Å². The second-order valence-electron chi connectivity index (χ2n) is 3.75. The fourth-order valence-corrected chi connectivity index (χ4v) is 1.41. The molecule has 0 amide bonds. The summed E-state index contributed by atoms with van der Waals surface area (Å²) in [5.41, 5.74) is 7.60. The van der Waals surface area contributed by atoms with Gasteiger partial charge in [-0.25, -0.2) is 4.39 Å². The fraction of sp³-hybridized carbons (Fsp3) is 0. The van der Waals surface area contributed by atoms with Gasteiger partial charge in [0.25, 0.3) is 0 Å². The van der Waals surface area contributed by atoms with Crippen LogP contribution in [0.4, 0.5) is 4.39 Å². The Hall–Kier alpha value is -2.60. The van der Waals surface area contributed by atoms with Crippen LogP contribution < -0.4 is 5.73 Å². The maximum absolute atomic E-state index is 12.7. The third-order valence-electron chi connectivity index (χ3n) is 2.39. The van der Waals surface area contributed by atoms with Gasteiger partial charge in [-0.1, -0.05) is 24.0 Å². The van der Waals surface area contributed by atoms with E-state index < -0.39 is 0 Å². The van der Waals surface area contributed by atoms with E-state index in [2.05, 4.69) is 11.8 Å². The van der Waals surface area contributed by atoms with Crippen LogP contribution in [0.25, 0.3) is 0 Å². The highest BCUT2D eigenvalue weighted by molar-refractivity contribution is 5.94. The van der Waals surface area contributed by atoms with Crippen LogP contribution in [0.15, 0.2) is 48.5 Å². The zero-order valence-corrected chi connectivity index (χ0v) is 9.57. The van der Waals surface area contributed by atoms with Gasteiger partial charge in [-0.05, 0) is 36.4 Å². The van der Waals surface area contributed by atoms with Crippen LogP contribution in [0.5, 0.6) is 0 Å². The third-order valence-corrected chi connectivity index (χ3v) is 2.39. The van der Waals surface area contributed by atoms with E-state index in [1.807, 2.05) is 0 Å². The van der Waals surface area contributed by atoms with E-state index in [-0.39, 0.29) is 11.7 Å². The molecule has 0 aliphatic rings. The zero-order valence-electron chi connectivity index (χ0n) is 9.57. The highest BCUT2D eigenvalue weighted by Crippen LogP contribution is 2.04. The predicted octanol–water partition coefficient (Wildman–Crippen LogP) is 2.51. The normalized spacial score (nSPS) is 9.39. The molecular formula is C15H11FN2. The van der Waals surface area contributed by atoms with E-state index in [1.165, 1.54) is 12.1 Å². The van der Waals surface area contributed by atoms with Crippen LogP contribution in [0.3, 0.4) is 0 Å². The number of nitrogen functional groups attached to an aromatic ring is 1. The largest absolute Gasteiger partial charge is 0.384 e. The van der Waals surface area contributed by atoms with Crippen molar-refractivity contribution in [3.05, 3.63) is 71.0 Å². The monoisotopic (exact) mass is 238 g/mol. The van der Waals surface area contributed by atoms with Gasteiger partial charge in [0.1, 0.15) is 11.7 Å². The van der Waals surface area contributed by atoms with Gasteiger partial charge in [0.05, 0.1) is 0 Å². The highest BCUT2D eigenvalue weighted by atomic mass is 19.1. The van der Waals surface area contributed by atoms with Crippen LogP contribution in [0, 0.1) is 23.1 Å². The minimum Gasteiger partial charge on any atom is -0.384 e. The first-order valence-corrected chi connectivity index (χ1v) is 5.37. The Labute approximate surface area is 105 Å². The topological polar surface area (TPSA) is 49.9 Å². The molecule has 0 saturated heterocycles. The first-order valence-electron chi connectivity index (χ1n) is 5.37. The molecule has 88 valence electrons. The molecule has 0 aromatic heterocycles. The highest BCUT2D eigenvalue weighted by Gasteiger charge is 1.94. The summed E-state index contributed by atoms with van der Waals surface area (Å²) in [7, 11) is 0. The van der Waals surface area contributed by atoms with Crippen molar-refractivity contribution in [3.8, 4) is 11.8 Å². The Morgan fingerprint density at radius 2 is 1.33 bits per heavy atom. The van der Waals surface area contributed by atoms with Crippen molar-refractivity contribution in [1.82, 2.24) is 0 Å². The summed E-state index contributed by atoms with van der Waals surface area (Å²) in [5, 5.41) is 7.27. The molecule has 18 heavy (non-hydrogen) atoms. The number of nitrogens with two attached hydrogens (primary N) is 1. The average molecular weight is 238 g/mol. The number of nitrogens with one attached hydrogen (secondary N) is 1. The van der Waals surface area contributed by atoms with Gasteiger partial charge in [0.15, 0.2) is 0 Å². The number of halogens is 1. The maximum atomic E-state index is 12.7. The number of rotatable bonds is 1. The van der Waals surface area contributed by atoms with Crippen molar-refractivity contribution < 1.29 is 4.39 Å². The van der Waals surface area contributed by atoms with E-state index >= 15 is 0 Å². The molecular weight excluding hydrogens is 227 g/mol. The van der Waals surface area contributed by atoms with Gasteiger partial charge < -0.3 is 5.73 Å². The summed E-state index contributed by atoms with van der Waals surface area (Å²) in [5.74, 6) is 5.66. The Kier molecular flexibility index (Phi) is 3.40. The van der Waals surface area contributed by atoms with E-state index in [0.717, 1.165) is 11.1 Å². The second-order valence-corrected chi connectivity index (χ2v) is 3.75. The SMILES string of the molecule is N=C(N)c1ccc(C#Cc2ccc(F)cc2)cc1. The number of hydrogen-bond donors (Lipinski definition) is 2. The summed E-state index contributed by atoms with van der Waals surface area (Å²) in [4.78, 5) is 0. The van der Waals surface area contributed by atoms with Crippen LogP contribution >= 0.6 is 0 Å². The molecule has 3 heteroatoms. The predicted molar refractivity (Wildman–Crippen MR) is 69.8 cm³/mol. The molecule has 0 saturated carbocycles. The lowest BCUT2D eigenvalue weighted by Gasteiger charge is -1.96. The number of hydrogen-bond acceptors (Lipinski definition) is 1. The molecule has 0 spiro atoms. The van der Waals surface area contributed by atoms with E-state index in [4.69, 9.17) is 11.1 Å². The minimum atomic E-state index is -0.272.